The van der Waals surface area contributed by atoms with Gasteiger partial charge in [-0.15, -0.1) is 0 Å². The number of thiocarbonyl (C=S) groups is 1. The van der Waals surface area contributed by atoms with Crippen LogP contribution in [-0.4, -0.2) is 28.9 Å². The molecule has 0 spiro atoms. The van der Waals surface area contributed by atoms with Crippen molar-refractivity contribution in [2.45, 2.75) is 13.8 Å². The summed E-state index contributed by atoms with van der Waals surface area (Å²) in [4.78, 5) is 14.2. The monoisotopic (exact) mass is 302 g/mol. The molecule has 1 rings (SSSR count). The van der Waals surface area contributed by atoms with Crippen LogP contribution in [0, 0.1) is 11.7 Å². The first-order valence-electron chi connectivity index (χ1n) is 5.90. The number of carbonyl (C=O) groups excluding carboxylic acids is 1. The minimum absolute atomic E-state index is 0.0655. The van der Waals surface area contributed by atoms with Crippen LogP contribution in [0.5, 0.6) is 0 Å². The molecule has 0 fully saturated rings. The van der Waals surface area contributed by atoms with Gasteiger partial charge < -0.3 is 10.6 Å². The van der Waals surface area contributed by atoms with E-state index in [4.69, 9.17) is 29.6 Å². The summed E-state index contributed by atoms with van der Waals surface area (Å²) in [5.74, 6) is -0.833. The van der Waals surface area contributed by atoms with Gasteiger partial charge in [-0.25, -0.2) is 4.39 Å². The molecule has 1 unspecified atom stereocenters. The number of hydrogen-bond acceptors (Lipinski definition) is 2. The lowest BCUT2D eigenvalue weighted by atomic mass is 10.1. The second kappa shape index (κ2) is 6.82. The molecule has 0 heterocycles. The standard InChI is InChI=1S/C13H16ClFN2OS/c1-3-17(7-8(2)12(16)19)13(18)9-4-5-11(15)10(14)6-9/h4-6,8H,3,7H2,1-2H3,(H2,16,19). The highest BCUT2D eigenvalue weighted by Crippen LogP contribution is 2.17. The Hall–Kier alpha value is -1.20. The highest BCUT2D eigenvalue weighted by molar-refractivity contribution is 7.80. The second-order valence-corrected chi connectivity index (χ2v) is 5.15. The van der Waals surface area contributed by atoms with Gasteiger partial charge in [-0.05, 0) is 25.1 Å². The van der Waals surface area contributed by atoms with Crippen LogP contribution in [0.25, 0.3) is 0 Å². The summed E-state index contributed by atoms with van der Waals surface area (Å²) in [5, 5.41) is -0.0655. The molecule has 0 saturated carbocycles. The van der Waals surface area contributed by atoms with Gasteiger partial charge in [-0.3, -0.25) is 4.79 Å². The van der Waals surface area contributed by atoms with Crippen LogP contribution < -0.4 is 5.73 Å². The van der Waals surface area contributed by atoms with Crippen molar-refractivity contribution in [1.29, 1.82) is 0 Å². The maximum atomic E-state index is 13.1. The molecular formula is C13H16ClFN2OS. The zero-order chi connectivity index (χ0) is 14.6. The number of nitrogens with zero attached hydrogens (tertiary/aromatic N) is 1. The van der Waals surface area contributed by atoms with E-state index in [0.29, 0.717) is 23.6 Å². The van der Waals surface area contributed by atoms with Crippen molar-refractivity contribution < 1.29 is 9.18 Å². The largest absolute Gasteiger partial charge is 0.393 e. The average Bonchev–Trinajstić information content (AvgIpc) is 2.37. The van der Waals surface area contributed by atoms with E-state index in [0.717, 1.165) is 0 Å². The normalized spacial score (nSPS) is 12.0. The number of nitrogens with two attached hydrogens (primary N) is 1. The average molecular weight is 303 g/mol. The third-order valence-corrected chi connectivity index (χ3v) is 3.51. The summed E-state index contributed by atoms with van der Waals surface area (Å²) in [7, 11) is 0. The summed E-state index contributed by atoms with van der Waals surface area (Å²) < 4.78 is 13.1. The fourth-order valence-corrected chi connectivity index (χ4v) is 1.84. The Bertz CT molecular complexity index is 496. The lowest BCUT2D eigenvalue weighted by Gasteiger charge is -2.24. The van der Waals surface area contributed by atoms with E-state index in [2.05, 4.69) is 0 Å². The molecule has 0 radical (unpaired) electrons. The fraction of sp³-hybridized carbons (Fsp3) is 0.385. The van der Waals surface area contributed by atoms with E-state index < -0.39 is 5.82 Å². The lowest BCUT2D eigenvalue weighted by molar-refractivity contribution is 0.0755. The molecule has 0 bridgehead atoms. The molecule has 104 valence electrons. The van der Waals surface area contributed by atoms with Crippen LogP contribution in [0.2, 0.25) is 5.02 Å². The second-order valence-electron chi connectivity index (χ2n) is 4.28. The third kappa shape index (κ3) is 4.14. The van der Waals surface area contributed by atoms with Crippen molar-refractivity contribution in [2.75, 3.05) is 13.1 Å². The molecule has 0 aliphatic carbocycles. The Morgan fingerprint density at radius 1 is 1.58 bits per heavy atom. The SMILES string of the molecule is CCN(CC(C)C(N)=S)C(=O)c1ccc(F)c(Cl)c1. The van der Waals surface area contributed by atoms with Crippen molar-refractivity contribution in [3.63, 3.8) is 0 Å². The van der Waals surface area contributed by atoms with Gasteiger partial charge in [0, 0.05) is 24.6 Å². The molecule has 3 nitrogen and oxygen atoms in total. The number of amides is 1. The van der Waals surface area contributed by atoms with E-state index in [9.17, 15) is 9.18 Å². The van der Waals surface area contributed by atoms with Gasteiger partial charge in [0.05, 0.1) is 10.0 Å². The summed E-state index contributed by atoms with van der Waals surface area (Å²) in [6, 6.07) is 3.92. The fourth-order valence-electron chi connectivity index (χ4n) is 1.59. The lowest BCUT2D eigenvalue weighted by Crippen LogP contribution is -2.38. The third-order valence-electron chi connectivity index (χ3n) is 2.82. The van der Waals surface area contributed by atoms with Crippen LogP contribution in [0.1, 0.15) is 24.2 Å². The molecule has 1 aromatic rings. The zero-order valence-corrected chi connectivity index (χ0v) is 12.4. The van der Waals surface area contributed by atoms with E-state index in [1.807, 2.05) is 13.8 Å². The summed E-state index contributed by atoms with van der Waals surface area (Å²) >= 11 is 10.6. The Kier molecular flexibility index (Phi) is 5.69. The molecule has 2 N–H and O–H groups in total. The first kappa shape index (κ1) is 15.9. The van der Waals surface area contributed by atoms with Crippen molar-refractivity contribution in [2.24, 2.45) is 11.7 Å². The van der Waals surface area contributed by atoms with Gasteiger partial charge in [0.25, 0.3) is 5.91 Å². The quantitative estimate of drug-likeness (QED) is 0.851. The minimum Gasteiger partial charge on any atom is -0.393 e. The Morgan fingerprint density at radius 2 is 2.21 bits per heavy atom. The van der Waals surface area contributed by atoms with E-state index in [1.165, 1.54) is 18.2 Å². The maximum Gasteiger partial charge on any atom is 0.253 e. The van der Waals surface area contributed by atoms with Crippen LogP contribution in [-0.2, 0) is 0 Å². The molecule has 0 saturated heterocycles. The molecular weight excluding hydrogens is 287 g/mol. The van der Waals surface area contributed by atoms with Gasteiger partial charge in [-0.2, -0.15) is 0 Å². The van der Waals surface area contributed by atoms with Gasteiger partial charge in [0.1, 0.15) is 5.82 Å². The predicted octanol–water partition coefficient (Wildman–Crippen LogP) is 2.86. The molecule has 0 aliphatic rings. The minimum atomic E-state index is -0.544. The van der Waals surface area contributed by atoms with Crippen molar-refractivity contribution in [1.82, 2.24) is 4.90 Å². The Balaban J connectivity index is 2.89. The zero-order valence-electron chi connectivity index (χ0n) is 10.8. The van der Waals surface area contributed by atoms with Crippen molar-refractivity contribution in [3.05, 3.63) is 34.6 Å². The molecule has 19 heavy (non-hydrogen) atoms. The Morgan fingerprint density at radius 3 is 2.68 bits per heavy atom. The highest BCUT2D eigenvalue weighted by Gasteiger charge is 2.18. The number of benzene rings is 1. The number of hydrogen-bond donors (Lipinski definition) is 1. The number of carbonyl (C=O) groups is 1. The van der Waals surface area contributed by atoms with Crippen LogP contribution >= 0.6 is 23.8 Å². The molecule has 1 atom stereocenters. The molecule has 6 heteroatoms. The van der Waals surface area contributed by atoms with Gasteiger partial charge >= 0.3 is 0 Å². The summed E-state index contributed by atoms with van der Waals surface area (Å²) in [5.41, 5.74) is 5.89. The van der Waals surface area contributed by atoms with Crippen LogP contribution in [0.15, 0.2) is 18.2 Å². The molecule has 1 amide bonds. The molecule has 0 aromatic heterocycles. The number of rotatable bonds is 5. The molecule has 0 aliphatic heterocycles. The maximum absolute atomic E-state index is 13.1. The summed E-state index contributed by atoms with van der Waals surface area (Å²) in [6.45, 7) is 4.66. The van der Waals surface area contributed by atoms with E-state index >= 15 is 0 Å². The first-order valence-corrected chi connectivity index (χ1v) is 6.69. The topological polar surface area (TPSA) is 46.3 Å². The van der Waals surface area contributed by atoms with Gasteiger partial charge in [0.15, 0.2) is 0 Å². The van der Waals surface area contributed by atoms with Crippen molar-refractivity contribution >= 4 is 34.7 Å². The first-order chi connectivity index (χ1) is 8.86. The predicted molar refractivity (Wildman–Crippen MR) is 78.9 cm³/mol. The summed E-state index contributed by atoms with van der Waals surface area (Å²) in [6.07, 6.45) is 0. The van der Waals surface area contributed by atoms with E-state index in [-0.39, 0.29) is 16.8 Å². The van der Waals surface area contributed by atoms with Crippen molar-refractivity contribution in [3.8, 4) is 0 Å². The van der Waals surface area contributed by atoms with Gasteiger partial charge in [-0.1, -0.05) is 30.7 Å². The van der Waals surface area contributed by atoms with Crippen LogP contribution in [0.3, 0.4) is 0 Å². The Labute approximate surface area is 122 Å². The smallest absolute Gasteiger partial charge is 0.253 e. The van der Waals surface area contributed by atoms with Crippen LogP contribution in [0.4, 0.5) is 4.39 Å². The molecule has 1 aromatic carbocycles. The highest BCUT2D eigenvalue weighted by atomic mass is 35.5. The van der Waals surface area contributed by atoms with Gasteiger partial charge in [0.2, 0.25) is 0 Å². The number of halogens is 2. The van der Waals surface area contributed by atoms with E-state index in [1.54, 1.807) is 4.90 Å².